The van der Waals surface area contributed by atoms with Crippen LogP contribution in [0.5, 0.6) is 0 Å². The molecule has 0 aliphatic carbocycles. The molecule has 4 rings (SSSR count). The van der Waals surface area contributed by atoms with Crippen LogP contribution in [0.2, 0.25) is 0 Å². The summed E-state index contributed by atoms with van der Waals surface area (Å²) in [5.41, 5.74) is 9.98. The van der Waals surface area contributed by atoms with Gasteiger partial charge in [-0.05, 0) is 26.0 Å². The first-order valence-corrected chi connectivity index (χ1v) is 9.62. The number of nitrogen functional groups attached to an aromatic ring is 2. The fourth-order valence-corrected chi connectivity index (χ4v) is 3.97. The molecule has 0 saturated carbocycles. The van der Waals surface area contributed by atoms with Crippen LogP contribution < -0.4 is 33.4 Å². The van der Waals surface area contributed by atoms with Crippen LogP contribution in [0, 0.1) is 0 Å². The molecule has 0 aliphatic heterocycles. The molecule has 1 aromatic heterocycles. The molecule has 0 unspecified atom stereocenters. The van der Waals surface area contributed by atoms with Crippen molar-refractivity contribution in [1.29, 1.82) is 0 Å². The van der Waals surface area contributed by atoms with E-state index in [0.29, 0.717) is 5.70 Å². The van der Waals surface area contributed by atoms with Crippen LogP contribution in [0.25, 0.3) is 38.0 Å². The summed E-state index contributed by atoms with van der Waals surface area (Å²) in [6, 6.07) is 6.30. The molecular formula is C24H19N3O4. The standard InChI is InChI=1S/C24H19N3O4/c1-3-5-9-12(8-4-2)27-23(30)17-18(24(27)31)20(26)16-15(19(17)25)21(28)13-10-6-7-11-14(13)22(16)29/h3-11H,25-26H2,1-2H3/b5-3-,8-4-,12-9+. The molecule has 0 atom stereocenters. The highest BCUT2D eigenvalue weighted by Crippen LogP contribution is 2.31. The third-order valence-electron chi connectivity index (χ3n) is 5.34. The number of nitrogens with zero attached hydrogens (tertiary/aromatic N) is 1. The maximum absolute atomic E-state index is 13.3. The molecule has 0 aliphatic rings. The molecule has 154 valence electrons. The lowest BCUT2D eigenvalue weighted by Crippen LogP contribution is -2.24. The number of aromatic nitrogens is 1. The Balaban J connectivity index is 2.34. The van der Waals surface area contributed by atoms with E-state index in [-0.39, 0.29) is 43.7 Å². The summed E-state index contributed by atoms with van der Waals surface area (Å²) in [7, 11) is 0. The number of benzene rings is 3. The maximum atomic E-state index is 13.3. The van der Waals surface area contributed by atoms with Gasteiger partial charge in [-0.25, -0.2) is 4.57 Å². The number of nitrogens with two attached hydrogens (primary N) is 2. The minimum absolute atomic E-state index is 0.132. The highest BCUT2D eigenvalue weighted by molar-refractivity contribution is 6.20. The molecule has 0 amide bonds. The quantitative estimate of drug-likeness (QED) is 0.230. The molecule has 7 nitrogen and oxygen atoms in total. The minimum atomic E-state index is -0.694. The molecule has 0 radical (unpaired) electrons. The van der Waals surface area contributed by atoms with Crippen molar-refractivity contribution in [2.24, 2.45) is 0 Å². The van der Waals surface area contributed by atoms with Gasteiger partial charge in [0.05, 0.1) is 38.6 Å². The zero-order valence-corrected chi connectivity index (χ0v) is 16.9. The number of anilines is 2. The largest absolute Gasteiger partial charge is 0.397 e. The molecule has 0 spiro atoms. The molecule has 0 fully saturated rings. The van der Waals surface area contributed by atoms with Gasteiger partial charge in [-0.2, -0.15) is 0 Å². The fourth-order valence-electron chi connectivity index (χ4n) is 3.97. The average Bonchev–Trinajstić information content (AvgIpc) is 3.02. The second-order valence-corrected chi connectivity index (χ2v) is 7.09. The Morgan fingerprint density at radius 2 is 1.26 bits per heavy atom. The van der Waals surface area contributed by atoms with E-state index >= 15 is 0 Å². The second-order valence-electron chi connectivity index (χ2n) is 7.09. The Hall–Kier alpha value is -4.26. The average molecular weight is 413 g/mol. The predicted molar refractivity (Wildman–Crippen MR) is 127 cm³/mol. The van der Waals surface area contributed by atoms with Gasteiger partial charge < -0.3 is 11.5 Å². The van der Waals surface area contributed by atoms with Gasteiger partial charge in [-0.3, -0.25) is 19.2 Å². The molecular weight excluding hydrogens is 394 g/mol. The van der Waals surface area contributed by atoms with Gasteiger partial charge in [0.25, 0.3) is 11.1 Å². The van der Waals surface area contributed by atoms with Crippen LogP contribution in [-0.4, -0.2) is 4.57 Å². The summed E-state index contributed by atoms with van der Waals surface area (Å²) < 4.78 is 0.949. The first kappa shape index (κ1) is 20.0. The lowest BCUT2D eigenvalue weighted by atomic mass is 9.97. The van der Waals surface area contributed by atoms with Crippen LogP contribution in [0.4, 0.5) is 11.4 Å². The summed E-state index contributed by atoms with van der Waals surface area (Å²) in [6.07, 6.45) is 8.30. The Bertz CT molecular complexity index is 1590. The third kappa shape index (κ3) is 2.67. The summed E-state index contributed by atoms with van der Waals surface area (Å²) >= 11 is 0. The van der Waals surface area contributed by atoms with Gasteiger partial charge in [0.15, 0.2) is 10.9 Å². The summed E-state index contributed by atoms with van der Waals surface area (Å²) in [5, 5.41) is -0.208. The van der Waals surface area contributed by atoms with E-state index in [1.54, 1.807) is 56.4 Å². The first-order chi connectivity index (χ1) is 14.8. The van der Waals surface area contributed by atoms with E-state index in [0.717, 1.165) is 4.57 Å². The lowest BCUT2D eigenvalue weighted by molar-refractivity contribution is 1.03. The van der Waals surface area contributed by atoms with Crippen LogP contribution in [0.3, 0.4) is 0 Å². The van der Waals surface area contributed by atoms with Gasteiger partial charge in [0, 0.05) is 10.8 Å². The predicted octanol–water partition coefficient (Wildman–Crippen LogP) is 2.42. The molecule has 31 heavy (non-hydrogen) atoms. The molecule has 4 N–H and O–H groups in total. The Morgan fingerprint density at radius 1 is 0.774 bits per heavy atom. The number of fused-ring (bicyclic) bond motifs is 3. The highest BCUT2D eigenvalue weighted by atomic mass is 16.2. The molecule has 1 heterocycles. The van der Waals surface area contributed by atoms with E-state index in [1.165, 1.54) is 12.1 Å². The monoisotopic (exact) mass is 413 g/mol. The van der Waals surface area contributed by atoms with E-state index < -0.39 is 22.0 Å². The number of hydrogen-bond acceptors (Lipinski definition) is 6. The number of rotatable bonds is 3. The van der Waals surface area contributed by atoms with Crippen molar-refractivity contribution in [1.82, 2.24) is 4.57 Å². The molecule has 3 aromatic carbocycles. The van der Waals surface area contributed by atoms with Crippen molar-refractivity contribution in [2.75, 3.05) is 11.5 Å². The zero-order chi connectivity index (χ0) is 22.4. The molecule has 7 heteroatoms. The van der Waals surface area contributed by atoms with Crippen molar-refractivity contribution < 1.29 is 0 Å². The number of allylic oxidation sites excluding steroid dienone is 6. The highest BCUT2D eigenvalue weighted by Gasteiger charge is 2.25. The Morgan fingerprint density at radius 3 is 1.68 bits per heavy atom. The van der Waals surface area contributed by atoms with Crippen molar-refractivity contribution in [2.45, 2.75) is 13.8 Å². The van der Waals surface area contributed by atoms with Crippen LogP contribution in [0.15, 0.2) is 73.8 Å². The van der Waals surface area contributed by atoms with Gasteiger partial charge in [-0.1, -0.05) is 42.5 Å². The van der Waals surface area contributed by atoms with Crippen molar-refractivity contribution in [3.63, 3.8) is 0 Å². The van der Waals surface area contributed by atoms with Gasteiger partial charge in [-0.15, -0.1) is 0 Å². The third-order valence-corrected chi connectivity index (χ3v) is 5.34. The van der Waals surface area contributed by atoms with Crippen LogP contribution >= 0.6 is 0 Å². The van der Waals surface area contributed by atoms with E-state index in [4.69, 9.17) is 11.5 Å². The normalized spacial score (nSPS) is 12.9. The van der Waals surface area contributed by atoms with Crippen molar-refractivity contribution in [3.05, 3.63) is 95.8 Å². The number of hydrogen-bond donors (Lipinski definition) is 2. The summed E-state index contributed by atoms with van der Waals surface area (Å²) in [5.74, 6) is 0. The van der Waals surface area contributed by atoms with Gasteiger partial charge >= 0.3 is 0 Å². The maximum Gasteiger partial charge on any atom is 0.268 e. The SMILES string of the molecule is C\C=C/C=C(\C=C/C)n1c(=O)c2c(N)c3c(=O)c4ccccc4c(=O)c3c(N)c2c1=O. The zero-order valence-electron chi connectivity index (χ0n) is 16.9. The minimum Gasteiger partial charge on any atom is -0.397 e. The second kappa shape index (κ2) is 7.21. The Labute approximate surface area is 175 Å². The molecule has 0 saturated heterocycles. The summed E-state index contributed by atoms with van der Waals surface area (Å²) in [4.78, 5) is 52.8. The van der Waals surface area contributed by atoms with Gasteiger partial charge in [0.2, 0.25) is 0 Å². The fraction of sp³-hybridized carbons (Fsp3) is 0.0833. The van der Waals surface area contributed by atoms with Crippen LogP contribution in [-0.2, 0) is 0 Å². The molecule has 0 bridgehead atoms. The molecule has 4 aromatic rings. The van der Waals surface area contributed by atoms with Crippen LogP contribution in [0.1, 0.15) is 13.8 Å². The van der Waals surface area contributed by atoms with E-state index in [1.807, 2.05) is 0 Å². The van der Waals surface area contributed by atoms with E-state index in [9.17, 15) is 19.2 Å². The summed E-state index contributed by atoms with van der Waals surface area (Å²) in [6.45, 7) is 3.54. The van der Waals surface area contributed by atoms with Gasteiger partial charge in [0.1, 0.15) is 0 Å². The first-order valence-electron chi connectivity index (χ1n) is 9.62. The van der Waals surface area contributed by atoms with Crippen molar-refractivity contribution in [3.8, 4) is 0 Å². The topological polar surface area (TPSA) is 125 Å². The lowest BCUT2D eigenvalue weighted by Gasteiger charge is -2.07. The van der Waals surface area contributed by atoms with Crippen molar-refractivity contribution >= 4 is 49.4 Å². The van der Waals surface area contributed by atoms with E-state index in [2.05, 4.69) is 0 Å². The smallest absolute Gasteiger partial charge is 0.268 e. The Kier molecular flexibility index (Phi) is 4.66.